The van der Waals surface area contributed by atoms with E-state index in [1.54, 1.807) is 11.3 Å². The zero-order chi connectivity index (χ0) is 17.8. The molecular weight excluding hydrogens is 350 g/mol. The summed E-state index contributed by atoms with van der Waals surface area (Å²) < 4.78 is 5.35. The van der Waals surface area contributed by atoms with Gasteiger partial charge < -0.3 is 14.7 Å². The van der Waals surface area contributed by atoms with Crippen molar-refractivity contribution in [2.45, 2.75) is 6.54 Å². The van der Waals surface area contributed by atoms with Crippen LogP contribution in [0.2, 0.25) is 0 Å². The van der Waals surface area contributed by atoms with Gasteiger partial charge in [-0.05, 0) is 23.6 Å². The molecule has 0 atom stereocenters. The van der Waals surface area contributed by atoms with Gasteiger partial charge in [0.25, 0.3) is 0 Å². The average molecular weight is 369 g/mol. The molecule has 7 nitrogen and oxygen atoms in total. The molecule has 4 rings (SSSR count). The first-order valence-electron chi connectivity index (χ1n) is 8.46. The molecule has 134 valence electrons. The van der Waals surface area contributed by atoms with E-state index >= 15 is 0 Å². The molecule has 0 bridgehead atoms. The van der Waals surface area contributed by atoms with Crippen molar-refractivity contribution in [2.24, 2.45) is 0 Å². The molecular formula is C18H19N5O2S. The fraction of sp³-hybridized carbons (Fsp3) is 0.278. The molecule has 0 aliphatic carbocycles. The minimum atomic E-state index is -0.0617. The van der Waals surface area contributed by atoms with E-state index in [1.807, 2.05) is 52.1 Å². The van der Waals surface area contributed by atoms with Crippen LogP contribution in [0, 0.1) is 0 Å². The largest absolute Gasteiger partial charge is 0.338 e. The lowest BCUT2D eigenvalue weighted by molar-refractivity contribution is 0.133. The average Bonchev–Trinajstić information content (AvgIpc) is 3.35. The first-order valence-corrected chi connectivity index (χ1v) is 9.41. The maximum absolute atomic E-state index is 12.3. The molecule has 0 unspecified atom stereocenters. The molecule has 2 aromatic heterocycles. The lowest BCUT2D eigenvalue weighted by Gasteiger charge is -2.33. The van der Waals surface area contributed by atoms with Gasteiger partial charge in [-0.2, -0.15) is 16.3 Å². The normalized spacial score (nSPS) is 15.2. The van der Waals surface area contributed by atoms with Crippen molar-refractivity contribution in [1.29, 1.82) is 0 Å². The van der Waals surface area contributed by atoms with Gasteiger partial charge in [0.05, 0.1) is 6.54 Å². The number of hydrogen-bond donors (Lipinski definition) is 1. The molecule has 1 N–H and O–H groups in total. The molecule has 26 heavy (non-hydrogen) atoms. The van der Waals surface area contributed by atoms with Gasteiger partial charge in [0, 0.05) is 42.8 Å². The van der Waals surface area contributed by atoms with Crippen molar-refractivity contribution in [3.63, 3.8) is 0 Å². The lowest BCUT2D eigenvalue weighted by atomic mass is 10.3. The van der Waals surface area contributed by atoms with Crippen LogP contribution in [0.4, 0.5) is 10.5 Å². The van der Waals surface area contributed by atoms with Gasteiger partial charge in [-0.1, -0.05) is 23.4 Å². The highest BCUT2D eigenvalue weighted by molar-refractivity contribution is 7.08. The summed E-state index contributed by atoms with van der Waals surface area (Å²) >= 11 is 1.61. The van der Waals surface area contributed by atoms with Crippen LogP contribution < -0.4 is 5.32 Å². The SMILES string of the molecule is O=C(Nc1ccccc1)N1CCN(Cc2nc(-c3ccsc3)no2)CC1. The Labute approximate surface area is 155 Å². The van der Waals surface area contributed by atoms with Crippen LogP contribution in [0.15, 0.2) is 51.7 Å². The molecule has 1 saturated heterocycles. The van der Waals surface area contributed by atoms with Crippen LogP contribution in [-0.2, 0) is 6.54 Å². The minimum Gasteiger partial charge on any atom is -0.338 e. The summed E-state index contributed by atoms with van der Waals surface area (Å²) in [6.07, 6.45) is 0. The maximum atomic E-state index is 12.3. The van der Waals surface area contributed by atoms with Crippen LogP contribution in [0.1, 0.15) is 5.89 Å². The number of thiophene rings is 1. The third-order valence-electron chi connectivity index (χ3n) is 4.29. The monoisotopic (exact) mass is 369 g/mol. The molecule has 1 aromatic carbocycles. The van der Waals surface area contributed by atoms with Gasteiger partial charge in [-0.15, -0.1) is 0 Å². The second-order valence-corrected chi connectivity index (χ2v) is 6.86. The number of rotatable bonds is 4. The fourth-order valence-corrected chi connectivity index (χ4v) is 3.49. The number of benzene rings is 1. The first-order chi connectivity index (χ1) is 12.8. The van der Waals surface area contributed by atoms with Crippen molar-refractivity contribution < 1.29 is 9.32 Å². The Kier molecular flexibility index (Phi) is 4.94. The highest BCUT2D eigenvalue weighted by Gasteiger charge is 2.22. The molecule has 1 fully saturated rings. The van der Waals surface area contributed by atoms with E-state index in [4.69, 9.17) is 4.52 Å². The van der Waals surface area contributed by atoms with Crippen LogP contribution in [0.3, 0.4) is 0 Å². The highest BCUT2D eigenvalue weighted by atomic mass is 32.1. The van der Waals surface area contributed by atoms with Gasteiger partial charge in [-0.3, -0.25) is 4.90 Å². The predicted molar refractivity (Wildman–Crippen MR) is 99.9 cm³/mol. The molecule has 1 aliphatic heterocycles. The Morgan fingerprint density at radius 3 is 2.69 bits per heavy atom. The predicted octanol–water partition coefficient (Wildman–Crippen LogP) is 3.15. The topological polar surface area (TPSA) is 74.5 Å². The van der Waals surface area contributed by atoms with E-state index < -0.39 is 0 Å². The van der Waals surface area contributed by atoms with Crippen molar-refractivity contribution in [2.75, 3.05) is 31.5 Å². The second kappa shape index (κ2) is 7.67. The quantitative estimate of drug-likeness (QED) is 0.765. The molecule has 0 saturated carbocycles. The smallest absolute Gasteiger partial charge is 0.321 e. The zero-order valence-electron chi connectivity index (χ0n) is 14.2. The van der Waals surface area contributed by atoms with Gasteiger partial charge in [0.15, 0.2) is 0 Å². The molecule has 3 heterocycles. The first kappa shape index (κ1) is 16.7. The minimum absolute atomic E-state index is 0.0617. The highest BCUT2D eigenvalue weighted by Crippen LogP contribution is 2.19. The van der Waals surface area contributed by atoms with Crippen LogP contribution in [0.5, 0.6) is 0 Å². The van der Waals surface area contributed by atoms with E-state index in [1.165, 1.54) is 0 Å². The number of para-hydroxylation sites is 1. The lowest BCUT2D eigenvalue weighted by Crippen LogP contribution is -2.49. The zero-order valence-corrected chi connectivity index (χ0v) is 15.0. The number of nitrogens with zero attached hydrogens (tertiary/aromatic N) is 4. The molecule has 0 radical (unpaired) electrons. The third kappa shape index (κ3) is 3.92. The van der Waals surface area contributed by atoms with Gasteiger partial charge >= 0.3 is 6.03 Å². The Bertz CT molecular complexity index is 842. The van der Waals surface area contributed by atoms with E-state index in [0.29, 0.717) is 31.3 Å². The summed E-state index contributed by atoms with van der Waals surface area (Å²) in [6, 6.07) is 11.4. The van der Waals surface area contributed by atoms with Crippen molar-refractivity contribution in [3.05, 3.63) is 53.0 Å². The summed E-state index contributed by atoms with van der Waals surface area (Å²) in [5.41, 5.74) is 1.79. The number of anilines is 1. The van der Waals surface area contributed by atoms with E-state index in [9.17, 15) is 4.79 Å². The molecule has 0 spiro atoms. The molecule has 1 aliphatic rings. The number of nitrogens with one attached hydrogen (secondary N) is 1. The Morgan fingerprint density at radius 1 is 1.15 bits per heavy atom. The fourth-order valence-electron chi connectivity index (χ4n) is 2.85. The Balaban J connectivity index is 1.28. The summed E-state index contributed by atoms with van der Waals surface area (Å²) in [5.74, 6) is 1.23. The van der Waals surface area contributed by atoms with E-state index in [-0.39, 0.29) is 6.03 Å². The van der Waals surface area contributed by atoms with Gasteiger partial charge in [-0.25, -0.2) is 4.79 Å². The van der Waals surface area contributed by atoms with Crippen LogP contribution in [-0.4, -0.2) is 52.2 Å². The summed E-state index contributed by atoms with van der Waals surface area (Å²) in [4.78, 5) is 20.8. The number of carbonyl (C=O) groups is 1. The van der Waals surface area contributed by atoms with Gasteiger partial charge in [0.2, 0.25) is 11.7 Å². The number of amides is 2. The maximum Gasteiger partial charge on any atom is 0.321 e. The third-order valence-corrected chi connectivity index (χ3v) is 4.97. The molecule has 3 aromatic rings. The number of urea groups is 1. The standard InChI is InChI=1S/C18H19N5O2S/c24-18(19-15-4-2-1-3-5-15)23-9-7-22(8-10-23)12-16-20-17(21-25-16)14-6-11-26-13-14/h1-6,11,13H,7-10,12H2,(H,19,24). The second-order valence-electron chi connectivity index (χ2n) is 6.08. The van der Waals surface area contributed by atoms with Crippen molar-refractivity contribution in [1.82, 2.24) is 19.9 Å². The number of hydrogen-bond acceptors (Lipinski definition) is 6. The van der Waals surface area contributed by atoms with Crippen LogP contribution >= 0.6 is 11.3 Å². The molecule has 8 heteroatoms. The van der Waals surface area contributed by atoms with Crippen molar-refractivity contribution in [3.8, 4) is 11.4 Å². The Hall–Kier alpha value is -2.71. The summed E-state index contributed by atoms with van der Waals surface area (Å²) in [7, 11) is 0. The van der Waals surface area contributed by atoms with E-state index in [0.717, 1.165) is 24.3 Å². The summed E-state index contributed by atoms with van der Waals surface area (Å²) in [5, 5.41) is 10.9. The molecule has 2 amide bonds. The number of piperazine rings is 1. The van der Waals surface area contributed by atoms with Crippen molar-refractivity contribution >= 4 is 23.1 Å². The van der Waals surface area contributed by atoms with Crippen LogP contribution in [0.25, 0.3) is 11.4 Å². The Morgan fingerprint density at radius 2 is 1.96 bits per heavy atom. The van der Waals surface area contributed by atoms with Gasteiger partial charge in [0.1, 0.15) is 0 Å². The number of aromatic nitrogens is 2. The summed E-state index contributed by atoms with van der Waals surface area (Å²) in [6.45, 7) is 3.50. The van der Waals surface area contributed by atoms with E-state index in [2.05, 4.69) is 20.4 Å². The number of carbonyl (C=O) groups excluding carboxylic acids is 1.